The van der Waals surface area contributed by atoms with Gasteiger partial charge in [0.05, 0.1) is 11.2 Å². The molecule has 4 nitrogen and oxygen atoms in total. The van der Waals surface area contributed by atoms with Crippen molar-refractivity contribution in [2.45, 2.75) is 6.92 Å². The van der Waals surface area contributed by atoms with Crippen molar-refractivity contribution >= 4 is 17.0 Å². The molecule has 0 N–H and O–H groups in total. The minimum atomic E-state index is -0.415. The molecule has 0 saturated heterocycles. The molecule has 1 heterocycles. The van der Waals surface area contributed by atoms with Crippen LogP contribution in [0.4, 0.5) is 0 Å². The highest BCUT2D eigenvalue weighted by Crippen LogP contribution is 2.22. The number of furan rings is 1. The zero-order valence-corrected chi connectivity index (χ0v) is 8.14. The molecule has 0 radical (unpaired) electrons. The van der Waals surface area contributed by atoms with E-state index in [2.05, 4.69) is 0 Å². The molecule has 0 aliphatic rings. The molecule has 15 heavy (non-hydrogen) atoms. The predicted octanol–water partition coefficient (Wildman–Crippen LogP) is 3.07. The summed E-state index contributed by atoms with van der Waals surface area (Å²) in [5.41, 5.74) is 1.57. The Morgan fingerprint density at radius 3 is 2.93 bits per heavy atom. The summed E-state index contributed by atoms with van der Waals surface area (Å²) in [6.45, 7) is 1.46. The van der Waals surface area contributed by atoms with Crippen LogP contribution in [-0.2, 0) is 0 Å². The van der Waals surface area contributed by atoms with E-state index in [1.807, 2.05) is 24.3 Å². The molecular formula is C11H9NO3. The Hall–Kier alpha value is -2.10. The standard InChI is InChI=1S/C11H9NO3/c1-8(12(13)14)6-9-7-15-11-5-3-2-4-10(9)11/h2-7H,1H3. The largest absolute Gasteiger partial charge is 0.464 e. The third-order valence-electron chi connectivity index (χ3n) is 2.16. The van der Waals surface area contributed by atoms with Crippen LogP contribution in [0, 0.1) is 10.1 Å². The highest BCUT2D eigenvalue weighted by Gasteiger charge is 2.07. The van der Waals surface area contributed by atoms with Gasteiger partial charge in [-0.05, 0) is 6.07 Å². The monoisotopic (exact) mass is 203 g/mol. The molecule has 0 spiro atoms. The average molecular weight is 203 g/mol. The van der Waals surface area contributed by atoms with Crippen LogP contribution < -0.4 is 0 Å². The lowest BCUT2D eigenvalue weighted by Gasteiger charge is -1.90. The first-order valence-electron chi connectivity index (χ1n) is 4.47. The molecule has 4 heteroatoms. The molecule has 0 unspecified atom stereocenters. The highest BCUT2D eigenvalue weighted by atomic mass is 16.6. The molecule has 76 valence electrons. The lowest BCUT2D eigenvalue weighted by Crippen LogP contribution is -1.92. The van der Waals surface area contributed by atoms with Gasteiger partial charge in [-0.15, -0.1) is 0 Å². The van der Waals surface area contributed by atoms with Gasteiger partial charge in [-0.2, -0.15) is 0 Å². The summed E-state index contributed by atoms with van der Waals surface area (Å²) in [6.07, 6.45) is 3.03. The van der Waals surface area contributed by atoms with Gasteiger partial charge in [0.25, 0.3) is 0 Å². The Morgan fingerprint density at radius 2 is 2.20 bits per heavy atom. The predicted molar refractivity (Wildman–Crippen MR) is 56.9 cm³/mol. The maximum atomic E-state index is 10.5. The van der Waals surface area contributed by atoms with Crippen LogP contribution >= 0.6 is 0 Å². The summed E-state index contributed by atoms with van der Waals surface area (Å²) in [6, 6.07) is 7.43. The number of hydrogen-bond donors (Lipinski definition) is 0. The van der Waals surface area contributed by atoms with E-state index in [0.29, 0.717) is 0 Å². The molecule has 2 rings (SSSR count). The summed E-state index contributed by atoms with van der Waals surface area (Å²) >= 11 is 0. The quantitative estimate of drug-likeness (QED) is 0.556. The van der Waals surface area contributed by atoms with E-state index < -0.39 is 4.92 Å². The van der Waals surface area contributed by atoms with Gasteiger partial charge >= 0.3 is 0 Å². The van der Waals surface area contributed by atoms with E-state index in [0.717, 1.165) is 16.5 Å². The molecule has 1 aromatic heterocycles. The van der Waals surface area contributed by atoms with Crippen molar-refractivity contribution in [3.05, 3.63) is 51.9 Å². The number of fused-ring (bicyclic) bond motifs is 1. The number of para-hydroxylation sites is 1. The number of allylic oxidation sites excluding steroid dienone is 1. The minimum absolute atomic E-state index is 0.0987. The Labute approximate surface area is 86.0 Å². The fourth-order valence-electron chi connectivity index (χ4n) is 1.39. The van der Waals surface area contributed by atoms with Crippen LogP contribution in [0.25, 0.3) is 17.0 Å². The van der Waals surface area contributed by atoms with Crippen molar-refractivity contribution in [2.75, 3.05) is 0 Å². The molecule has 0 aliphatic heterocycles. The second-order valence-electron chi connectivity index (χ2n) is 3.23. The van der Waals surface area contributed by atoms with Crippen LogP contribution in [0.1, 0.15) is 12.5 Å². The molecule has 1 aromatic carbocycles. The van der Waals surface area contributed by atoms with E-state index >= 15 is 0 Å². The van der Waals surface area contributed by atoms with Gasteiger partial charge in [0.2, 0.25) is 5.70 Å². The maximum absolute atomic E-state index is 10.5. The Morgan fingerprint density at radius 1 is 1.47 bits per heavy atom. The zero-order chi connectivity index (χ0) is 10.8. The van der Waals surface area contributed by atoms with Crippen LogP contribution in [0.2, 0.25) is 0 Å². The van der Waals surface area contributed by atoms with E-state index in [1.54, 1.807) is 0 Å². The molecule has 0 bridgehead atoms. The zero-order valence-electron chi connectivity index (χ0n) is 8.14. The van der Waals surface area contributed by atoms with Gasteiger partial charge in [0, 0.05) is 23.9 Å². The van der Waals surface area contributed by atoms with Crippen LogP contribution in [-0.4, -0.2) is 4.92 Å². The fourth-order valence-corrected chi connectivity index (χ4v) is 1.39. The topological polar surface area (TPSA) is 56.3 Å². The Balaban J connectivity index is 2.54. The van der Waals surface area contributed by atoms with Crippen molar-refractivity contribution < 1.29 is 9.34 Å². The molecule has 2 aromatic rings. The van der Waals surface area contributed by atoms with Crippen molar-refractivity contribution in [3.63, 3.8) is 0 Å². The number of hydrogen-bond acceptors (Lipinski definition) is 3. The number of rotatable bonds is 2. The first-order valence-corrected chi connectivity index (χ1v) is 4.47. The average Bonchev–Trinajstić information content (AvgIpc) is 2.62. The van der Waals surface area contributed by atoms with Crippen LogP contribution in [0.15, 0.2) is 40.6 Å². The van der Waals surface area contributed by atoms with Crippen molar-refractivity contribution in [2.24, 2.45) is 0 Å². The van der Waals surface area contributed by atoms with Crippen molar-refractivity contribution in [1.82, 2.24) is 0 Å². The summed E-state index contributed by atoms with van der Waals surface area (Å²) in [4.78, 5) is 10.1. The first-order chi connectivity index (χ1) is 7.18. The Bertz CT molecular complexity index is 540. The molecule has 0 aliphatic carbocycles. The molecule has 0 fully saturated rings. The van der Waals surface area contributed by atoms with E-state index in [9.17, 15) is 10.1 Å². The smallest absolute Gasteiger partial charge is 0.243 e. The number of nitro groups is 1. The third kappa shape index (κ3) is 1.74. The van der Waals surface area contributed by atoms with Crippen LogP contribution in [0.3, 0.4) is 0 Å². The minimum Gasteiger partial charge on any atom is -0.464 e. The fraction of sp³-hybridized carbons (Fsp3) is 0.0909. The van der Waals surface area contributed by atoms with Crippen LogP contribution in [0.5, 0.6) is 0 Å². The molecule has 0 atom stereocenters. The lowest BCUT2D eigenvalue weighted by atomic mass is 10.1. The SMILES string of the molecule is CC(=Cc1coc2ccccc12)[N+](=O)[O-]. The Kier molecular flexibility index (Phi) is 2.25. The summed E-state index contributed by atoms with van der Waals surface area (Å²) in [5.74, 6) is 0. The van der Waals surface area contributed by atoms with E-state index in [-0.39, 0.29) is 5.70 Å². The number of benzene rings is 1. The van der Waals surface area contributed by atoms with Gasteiger partial charge in [0.15, 0.2) is 0 Å². The van der Waals surface area contributed by atoms with Gasteiger partial charge in [-0.3, -0.25) is 10.1 Å². The van der Waals surface area contributed by atoms with Gasteiger partial charge in [-0.25, -0.2) is 0 Å². The summed E-state index contributed by atoms with van der Waals surface area (Å²) in [5, 5.41) is 11.4. The van der Waals surface area contributed by atoms with Gasteiger partial charge in [-0.1, -0.05) is 18.2 Å². The lowest BCUT2D eigenvalue weighted by molar-refractivity contribution is -0.422. The van der Waals surface area contributed by atoms with Crippen molar-refractivity contribution in [3.8, 4) is 0 Å². The van der Waals surface area contributed by atoms with Crippen molar-refractivity contribution in [1.29, 1.82) is 0 Å². The van der Waals surface area contributed by atoms with E-state index in [1.165, 1.54) is 19.3 Å². The number of nitrogens with zero attached hydrogens (tertiary/aromatic N) is 1. The first kappa shape index (κ1) is 9.45. The second-order valence-corrected chi connectivity index (χ2v) is 3.23. The van der Waals surface area contributed by atoms with Gasteiger partial charge < -0.3 is 4.42 Å². The molecular weight excluding hydrogens is 194 g/mol. The highest BCUT2D eigenvalue weighted by molar-refractivity contribution is 5.87. The normalized spacial score (nSPS) is 11.9. The molecule has 0 amide bonds. The molecule has 0 saturated carbocycles. The van der Waals surface area contributed by atoms with E-state index in [4.69, 9.17) is 4.42 Å². The van der Waals surface area contributed by atoms with Gasteiger partial charge in [0.1, 0.15) is 5.58 Å². The summed E-state index contributed by atoms with van der Waals surface area (Å²) in [7, 11) is 0. The third-order valence-corrected chi connectivity index (χ3v) is 2.16. The summed E-state index contributed by atoms with van der Waals surface area (Å²) < 4.78 is 5.26. The second kappa shape index (κ2) is 3.57. The maximum Gasteiger partial charge on any atom is 0.243 e.